The van der Waals surface area contributed by atoms with Gasteiger partial charge in [0.15, 0.2) is 17.3 Å². The lowest BCUT2D eigenvalue weighted by atomic mass is 9.92. The van der Waals surface area contributed by atoms with E-state index >= 15 is 0 Å². The van der Waals surface area contributed by atoms with E-state index in [1.54, 1.807) is 18.5 Å². The third kappa shape index (κ3) is 3.79. The lowest BCUT2D eigenvalue weighted by Crippen LogP contribution is -2.11. The molecule has 0 unspecified atom stereocenters. The molecule has 1 aliphatic carbocycles. The lowest BCUT2D eigenvalue weighted by Gasteiger charge is -2.22. The van der Waals surface area contributed by atoms with Crippen LogP contribution in [0.2, 0.25) is 0 Å². The summed E-state index contributed by atoms with van der Waals surface area (Å²) in [5.41, 5.74) is 12.0. The molecule has 0 amide bonds. The summed E-state index contributed by atoms with van der Waals surface area (Å²) in [6.07, 6.45) is 5.65. The standard InChI is InChI=1S/C27H23FN6O/c1-15-21-11-19(28)6-7-20(21)25-17(3-2-8-31-25)9-22-23(12-29)33-34(14-16-4-5-16)26(22)18-10-24(35-15)27(30)32-13-18/h2-3,6-8,10-11,13,15-16H,4-5,9,14H2,1H3,(H2,30,32)/t15-/m1/s1. The van der Waals surface area contributed by atoms with Gasteiger partial charge in [-0.05, 0) is 61.6 Å². The summed E-state index contributed by atoms with van der Waals surface area (Å²) in [7, 11) is 0. The minimum Gasteiger partial charge on any atom is -0.482 e. The molecule has 2 N–H and O–H groups in total. The first-order valence-corrected chi connectivity index (χ1v) is 11.7. The zero-order chi connectivity index (χ0) is 24.1. The SMILES string of the molecule is C[C@H]1Oc2cc(cnc2N)-c2c(c(C#N)nn2CC2CC2)Cc2cccnc2-c2ccc(F)cc21. The van der Waals surface area contributed by atoms with Crippen LogP contribution >= 0.6 is 0 Å². The van der Waals surface area contributed by atoms with E-state index in [0.717, 1.165) is 53.0 Å². The maximum absolute atomic E-state index is 14.3. The number of nitrogens with two attached hydrogens (primary N) is 1. The van der Waals surface area contributed by atoms with Crippen molar-refractivity contribution in [2.75, 3.05) is 5.73 Å². The van der Waals surface area contributed by atoms with Crippen LogP contribution in [0.5, 0.6) is 5.75 Å². The second kappa shape index (κ2) is 8.20. The van der Waals surface area contributed by atoms with E-state index in [1.165, 1.54) is 12.1 Å². The number of benzene rings is 1. The van der Waals surface area contributed by atoms with Gasteiger partial charge in [0.2, 0.25) is 0 Å². The summed E-state index contributed by atoms with van der Waals surface area (Å²) in [6.45, 7) is 2.60. The molecular formula is C27H23FN6O. The van der Waals surface area contributed by atoms with E-state index in [2.05, 4.69) is 21.1 Å². The van der Waals surface area contributed by atoms with Crippen LogP contribution in [0.1, 0.15) is 48.3 Å². The first-order chi connectivity index (χ1) is 17.0. The van der Waals surface area contributed by atoms with Crippen molar-refractivity contribution >= 4 is 5.82 Å². The average Bonchev–Trinajstić information content (AvgIpc) is 3.61. The number of anilines is 1. The number of nitriles is 1. The number of halogens is 1. The first-order valence-electron chi connectivity index (χ1n) is 11.7. The Hall–Kier alpha value is -4.25. The number of rotatable bonds is 2. The Labute approximate surface area is 202 Å². The normalized spacial score (nSPS) is 16.5. The molecule has 1 atom stereocenters. The van der Waals surface area contributed by atoms with Crippen molar-refractivity contribution in [2.24, 2.45) is 5.92 Å². The van der Waals surface area contributed by atoms with Crippen LogP contribution in [0.15, 0.2) is 48.8 Å². The smallest absolute Gasteiger partial charge is 0.166 e. The molecule has 0 saturated heterocycles. The summed E-state index contributed by atoms with van der Waals surface area (Å²) in [5.74, 6) is 0.833. The molecule has 1 aromatic carbocycles. The molecule has 35 heavy (non-hydrogen) atoms. The first kappa shape index (κ1) is 21.3. The van der Waals surface area contributed by atoms with Crippen molar-refractivity contribution in [2.45, 2.75) is 38.8 Å². The maximum atomic E-state index is 14.3. The molecular weight excluding hydrogens is 443 g/mol. The van der Waals surface area contributed by atoms with E-state index in [9.17, 15) is 9.65 Å². The van der Waals surface area contributed by atoms with E-state index in [0.29, 0.717) is 29.3 Å². The predicted octanol–water partition coefficient (Wildman–Crippen LogP) is 5.05. The summed E-state index contributed by atoms with van der Waals surface area (Å²) in [6, 6.07) is 12.6. The topological polar surface area (TPSA) is 103 Å². The number of aromatic nitrogens is 4. The molecule has 7 nitrogen and oxygen atoms in total. The molecule has 4 aromatic rings. The fourth-order valence-electron chi connectivity index (χ4n) is 4.79. The molecule has 0 spiro atoms. The van der Waals surface area contributed by atoms with Crippen LogP contribution in [-0.2, 0) is 13.0 Å². The van der Waals surface area contributed by atoms with Gasteiger partial charge in [-0.15, -0.1) is 0 Å². The van der Waals surface area contributed by atoms with Crippen molar-refractivity contribution in [3.05, 3.63) is 77.0 Å². The van der Waals surface area contributed by atoms with Crippen molar-refractivity contribution in [3.63, 3.8) is 0 Å². The van der Waals surface area contributed by atoms with Gasteiger partial charge >= 0.3 is 0 Å². The molecule has 2 aliphatic rings. The molecule has 8 heteroatoms. The molecule has 4 heterocycles. The molecule has 2 bridgehead atoms. The van der Waals surface area contributed by atoms with Crippen LogP contribution in [0.25, 0.3) is 22.5 Å². The van der Waals surface area contributed by atoms with Gasteiger partial charge < -0.3 is 10.5 Å². The number of nitrogens with zero attached hydrogens (tertiary/aromatic N) is 5. The quantitative estimate of drug-likeness (QED) is 0.443. The highest BCUT2D eigenvalue weighted by Gasteiger charge is 2.29. The molecule has 1 fully saturated rings. The highest BCUT2D eigenvalue weighted by Crippen LogP contribution is 2.40. The second-order valence-corrected chi connectivity index (χ2v) is 9.20. The summed E-state index contributed by atoms with van der Waals surface area (Å²) < 4.78 is 22.5. The monoisotopic (exact) mass is 466 g/mol. The van der Waals surface area contributed by atoms with Crippen LogP contribution in [-0.4, -0.2) is 19.7 Å². The molecule has 0 radical (unpaired) electrons. The zero-order valence-corrected chi connectivity index (χ0v) is 19.2. The van der Waals surface area contributed by atoms with E-state index in [4.69, 9.17) is 10.5 Å². The summed E-state index contributed by atoms with van der Waals surface area (Å²) >= 11 is 0. The minimum atomic E-state index is -0.514. The minimum absolute atomic E-state index is 0.240. The zero-order valence-electron chi connectivity index (χ0n) is 19.2. The fraction of sp³-hybridized carbons (Fsp3) is 0.259. The third-order valence-corrected chi connectivity index (χ3v) is 6.71. The third-order valence-electron chi connectivity index (χ3n) is 6.71. The van der Waals surface area contributed by atoms with Gasteiger partial charge in [0.25, 0.3) is 0 Å². The van der Waals surface area contributed by atoms with Gasteiger partial charge in [0, 0.05) is 47.6 Å². The number of fused-ring (bicyclic) bond motifs is 7. The van der Waals surface area contributed by atoms with Gasteiger partial charge in [-0.25, -0.2) is 9.37 Å². The molecule has 6 rings (SSSR count). The fourth-order valence-corrected chi connectivity index (χ4v) is 4.79. The van der Waals surface area contributed by atoms with Crippen molar-refractivity contribution < 1.29 is 9.13 Å². The van der Waals surface area contributed by atoms with Gasteiger partial charge in [-0.2, -0.15) is 10.4 Å². The summed E-state index contributed by atoms with van der Waals surface area (Å²) in [4.78, 5) is 9.06. The molecule has 1 aliphatic heterocycles. The molecule has 1 saturated carbocycles. The second-order valence-electron chi connectivity index (χ2n) is 9.20. The highest BCUT2D eigenvalue weighted by molar-refractivity contribution is 5.73. The molecule has 3 aromatic heterocycles. The van der Waals surface area contributed by atoms with Gasteiger partial charge in [-0.3, -0.25) is 9.67 Å². The Balaban J connectivity index is 1.65. The number of hydrogen-bond acceptors (Lipinski definition) is 6. The largest absolute Gasteiger partial charge is 0.482 e. The predicted molar refractivity (Wildman–Crippen MR) is 129 cm³/mol. The Morgan fingerprint density at radius 3 is 2.89 bits per heavy atom. The van der Waals surface area contributed by atoms with Crippen LogP contribution in [0.3, 0.4) is 0 Å². The van der Waals surface area contributed by atoms with Crippen LogP contribution in [0, 0.1) is 23.1 Å². The van der Waals surface area contributed by atoms with Gasteiger partial charge in [-0.1, -0.05) is 6.07 Å². The van der Waals surface area contributed by atoms with Gasteiger partial charge in [0.1, 0.15) is 18.0 Å². The Morgan fingerprint density at radius 2 is 2.09 bits per heavy atom. The van der Waals surface area contributed by atoms with Crippen LogP contribution in [0.4, 0.5) is 10.2 Å². The summed E-state index contributed by atoms with van der Waals surface area (Å²) in [5, 5.41) is 14.7. The molecule has 174 valence electrons. The van der Waals surface area contributed by atoms with E-state index in [-0.39, 0.29) is 11.6 Å². The van der Waals surface area contributed by atoms with E-state index in [1.807, 2.05) is 29.8 Å². The Morgan fingerprint density at radius 1 is 1.23 bits per heavy atom. The maximum Gasteiger partial charge on any atom is 0.166 e. The van der Waals surface area contributed by atoms with Crippen molar-refractivity contribution in [3.8, 4) is 34.3 Å². The highest BCUT2D eigenvalue weighted by atomic mass is 19.1. The van der Waals surface area contributed by atoms with E-state index < -0.39 is 6.10 Å². The van der Waals surface area contributed by atoms with Crippen molar-refractivity contribution in [1.82, 2.24) is 19.7 Å². The number of nitrogen functional groups attached to an aromatic ring is 1. The van der Waals surface area contributed by atoms with Crippen molar-refractivity contribution in [1.29, 1.82) is 5.26 Å². The Kier molecular flexibility index (Phi) is 4.99. The average molecular weight is 467 g/mol. The Bertz CT molecular complexity index is 1500. The lowest BCUT2D eigenvalue weighted by molar-refractivity contribution is 0.227. The van der Waals surface area contributed by atoms with Gasteiger partial charge in [0.05, 0.1) is 11.4 Å². The number of hydrogen-bond donors (Lipinski definition) is 1. The van der Waals surface area contributed by atoms with Crippen LogP contribution < -0.4 is 10.5 Å². The number of pyridine rings is 2. The number of ether oxygens (including phenoxy) is 1.